The van der Waals surface area contributed by atoms with E-state index >= 15 is 0 Å². The monoisotopic (exact) mass is 395 g/mol. The van der Waals surface area contributed by atoms with Crippen LogP contribution >= 0.6 is 0 Å². The van der Waals surface area contributed by atoms with E-state index in [0.717, 1.165) is 19.3 Å². The molecule has 4 aromatic rings. The molecule has 0 saturated heterocycles. The molecule has 0 spiro atoms. The van der Waals surface area contributed by atoms with Crippen LogP contribution in [0.25, 0.3) is 16.7 Å². The number of benzene rings is 1. The second kappa shape index (κ2) is 7.62. The van der Waals surface area contributed by atoms with Gasteiger partial charge in [0.25, 0.3) is 11.2 Å². The highest BCUT2D eigenvalue weighted by atomic mass is 16.6. The summed E-state index contributed by atoms with van der Waals surface area (Å²) in [6.07, 6.45) is 5.38. The zero-order valence-corrected chi connectivity index (χ0v) is 15.6. The molecule has 0 N–H and O–H groups in total. The lowest BCUT2D eigenvalue weighted by atomic mass is 10.2. The molecule has 0 bridgehead atoms. The molecule has 3 heterocycles. The molecule has 11 nitrogen and oxygen atoms in total. The van der Waals surface area contributed by atoms with E-state index in [2.05, 4.69) is 27.1 Å². The van der Waals surface area contributed by atoms with Crippen LogP contribution in [0, 0.1) is 10.1 Å². The van der Waals surface area contributed by atoms with Gasteiger partial charge >= 0.3 is 0 Å². The van der Waals surface area contributed by atoms with E-state index in [0.29, 0.717) is 11.7 Å². The van der Waals surface area contributed by atoms with Crippen molar-refractivity contribution in [2.24, 2.45) is 0 Å². The highest BCUT2D eigenvalue weighted by Gasteiger charge is 2.19. The molecule has 0 aliphatic heterocycles. The van der Waals surface area contributed by atoms with Crippen molar-refractivity contribution in [1.29, 1.82) is 0 Å². The molecule has 1 aromatic carbocycles. The number of fused-ring (bicyclic) bond motifs is 1. The topological polar surface area (TPSA) is 135 Å². The summed E-state index contributed by atoms with van der Waals surface area (Å²) in [6.45, 7) is 2.16. The van der Waals surface area contributed by atoms with Crippen molar-refractivity contribution < 1.29 is 9.45 Å². The fraction of sp³-hybridized carbons (Fsp3) is 0.278. The molecule has 0 atom stereocenters. The van der Waals surface area contributed by atoms with E-state index in [1.165, 1.54) is 27.8 Å². The summed E-state index contributed by atoms with van der Waals surface area (Å²) in [5.41, 5.74) is -0.0218. The van der Waals surface area contributed by atoms with E-state index in [9.17, 15) is 14.9 Å². The summed E-state index contributed by atoms with van der Waals surface area (Å²) < 4.78 is 7.83. The first-order chi connectivity index (χ1) is 14.1. The Balaban J connectivity index is 1.69. The van der Waals surface area contributed by atoms with Crippen molar-refractivity contribution >= 4 is 16.7 Å². The van der Waals surface area contributed by atoms with E-state index in [1.54, 1.807) is 18.2 Å². The first-order valence-electron chi connectivity index (χ1n) is 9.07. The van der Waals surface area contributed by atoms with Gasteiger partial charge in [-0.15, -0.1) is 0 Å². The summed E-state index contributed by atoms with van der Waals surface area (Å²) in [5, 5.41) is 19.6. The number of nitro groups is 1. The third kappa shape index (κ3) is 3.49. The Labute approximate surface area is 163 Å². The number of hydrogen-bond acceptors (Lipinski definition) is 8. The van der Waals surface area contributed by atoms with Crippen LogP contribution in [0.15, 0.2) is 46.1 Å². The van der Waals surface area contributed by atoms with Gasteiger partial charge in [-0.25, -0.2) is 9.67 Å². The first kappa shape index (κ1) is 18.5. The molecular formula is C18H17N7O4. The number of nitrogens with zero attached hydrogens (tertiary/aromatic N) is 7. The van der Waals surface area contributed by atoms with Crippen molar-refractivity contribution in [2.45, 2.75) is 32.7 Å². The van der Waals surface area contributed by atoms with Gasteiger partial charge < -0.3 is 4.52 Å². The summed E-state index contributed by atoms with van der Waals surface area (Å²) in [6, 6.07) is 6.14. The average molecular weight is 395 g/mol. The fourth-order valence-corrected chi connectivity index (χ4v) is 2.97. The number of aryl methyl sites for hydroxylation is 1. The Morgan fingerprint density at radius 3 is 2.90 bits per heavy atom. The average Bonchev–Trinajstić information content (AvgIpc) is 3.35. The minimum atomic E-state index is -0.504. The Kier molecular flexibility index (Phi) is 4.85. The van der Waals surface area contributed by atoms with Crippen LogP contribution in [0.2, 0.25) is 0 Å². The van der Waals surface area contributed by atoms with Crippen molar-refractivity contribution in [2.75, 3.05) is 0 Å². The number of aromatic nitrogens is 6. The van der Waals surface area contributed by atoms with Gasteiger partial charge in [0, 0.05) is 12.5 Å². The highest BCUT2D eigenvalue weighted by molar-refractivity contribution is 5.76. The normalized spacial score (nSPS) is 11.2. The predicted octanol–water partition coefficient (Wildman–Crippen LogP) is 2.26. The quantitative estimate of drug-likeness (QED) is 0.343. The van der Waals surface area contributed by atoms with E-state index in [-0.39, 0.29) is 34.5 Å². The molecular weight excluding hydrogens is 378 g/mol. The number of rotatable bonds is 7. The van der Waals surface area contributed by atoms with Crippen LogP contribution in [-0.2, 0) is 13.0 Å². The lowest BCUT2D eigenvalue weighted by Crippen LogP contribution is -2.21. The Hall–Kier alpha value is -3.89. The maximum atomic E-state index is 12.8. The molecule has 0 saturated carbocycles. The van der Waals surface area contributed by atoms with E-state index < -0.39 is 4.92 Å². The van der Waals surface area contributed by atoms with Gasteiger partial charge in [-0.1, -0.05) is 30.6 Å². The predicted molar refractivity (Wildman–Crippen MR) is 102 cm³/mol. The highest BCUT2D eigenvalue weighted by Crippen LogP contribution is 2.23. The molecule has 148 valence electrons. The minimum Gasteiger partial charge on any atom is -0.337 e. The Morgan fingerprint density at radius 2 is 2.10 bits per heavy atom. The number of nitro benzene ring substituents is 1. The van der Waals surface area contributed by atoms with E-state index in [4.69, 9.17) is 4.52 Å². The summed E-state index contributed by atoms with van der Waals surface area (Å²) in [5.74, 6) is 0.915. The molecule has 0 aliphatic rings. The SMILES string of the molecule is CCCCc1noc(Cn2cnc3c(cnn3-c3ccccc3[N+](=O)[O-])c2=O)n1. The van der Waals surface area contributed by atoms with Crippen LogP contribution in [0.1, 0.15) is 31.5 Å². The molecule has 29 heavy (non-hydrogen) atoms. The van der Waals surface area contributed by atoms with Crippen LogP contribution in [0.5, 0.6) is 0 Å². The summed E-state index contributed by atoms with van der Waals surface area (Å²) in [4.78, 5) is 32.2. The first-order valence-corrected chi connectivity index (χ1v) is 9.07. The van der Waals surface area contributed by atoms with Crippen LogP contribution in [0.4, 0.5) is 5.69 Å². The van der Waals surface area contributed by atoms with Crippen molar-refractivity contribution in [3.05, 3.63) is 69.0 Å². The van der Waals surface area contributed by atoms with Gasteiger partial charge in [-0.2, -0.15) is 10.1 Å². The zero-order valence-electron chi connectivity index (χ0n) is 15.6. The summed E-state index contributed by atoms with van der Waals surface area (Å²) >= 11 is 0. The number of hydrogen-bond donors (Lipinski definition) is 0. The van der Waals surface area contributed by atoms with Gasteiger partial charge in [0.2, 0.25) is 5.89 Å². The molecule has 4 rings (SSSR count). The third-order valence-corrected chi connectivity index (χ3v) is 4.43. The maximum Gasteiger partial charge on any atom is 0.294 e. The van der Waals surface area contributed by atoms with Crippen molar-refractivity contribution in [3.8, 4) is 5.69 Å². The second-order valence-electron chi connectivity index (χ2n) is 6.42. The largest absolute Gasteiger partial charge is 0.337 e. The number of unbranched alkanes of at least 4 members (excludes halogenated alkanes) is 1. The lowest BCUT2D eigenvalue weighted by molar-refractivity contribution is -0.384. The minimum absolute atomic E-state index is 0.0809. The van der Waals surface area contributed by atoms with Gasteiger partial charge in [0.1, 0.15) is 23.9 Å². The maximum absolute atomic E-state index is 12.8. The third-order valence-electron chi connectivity index (χ3n) is 4.43. The van der Waals surface area contributed by atoms with Gasteiger partial charge in [-0.3, -0.25) is 19.5 Å². The van der Waals surface area contributed by atoms with Gasteiger partial charge in [0.05, 0.1) is 11.1 Å². The Morgan fingerprint density at radius 1 is 1.28 bits per heavy atom. The van der Waals surface area contributed by atoms with Crippen molar-refractivity contribution in [1.82, 2.24) is 29.5 Å². The van der Waals surface area contributed by atoms with Gasteiger partial charge in [0.15, 0.2) is 11.5 Å². The van der Waals surface area contributed by atoms with Gasteiger partial charge in [-0.05, 0) is 12.5 Å². The molecule has 0 aliphatic carbocycles. The van der Waals surface area contributed by atoms with Crippen LogP contribution < -0.4 is 5.56 Å². The molecule has 11 heteroatoms. The smallest absolute Gasteiger partial charge is 0.294 e. The van der Waals surface area contributed by atoms with Crippen LogP contribution in [-0.4, -0.2) is 34.4 Å². The number of para-hydroxylation sites is 2. The van der Waals surface area contributed by atoms with Crippen molar-refractivity contribution in [3.63, 3.8) is 0 Å². The molecule has 3 aromatic heterocycles. The molecule has 0 radical (unpaired) electrons. The zero-order chi connectivity index (χ0) is 20.4. The van der Waals surface area contributed by atoms with E-state index in [1.807, 2.05) is 0 Å². The Bertz CT molecular complexity index is 1240. The second-order valence-corrected chi connectivity index (χ2v) is 6.42. The standard InChI is InChI=1S/C18H17N7O4/c1-2-3-8-15-21-16(29-22-15)10-23-11-19-17-12(18(23)26)9-20-24(17)13-6-4-5-7-14(13)25(27)28/h4-7,9,11H,2-3,8,10H2,1H3. The van der Waals surface area contributed by atoms with Crippen LogP contribution in [0.3, 0.4) is 0 Å². The lowest BCUT2D eigenvalue weighted by Gasteiger charge is -2.05. The molecule has 0 unspecified atom stereocenters. The fourth-order valence-electron chi connectivity index (χ4n) is 2.97. The summed E-state index contributed by atoms with van der Waals surface area (Å²) in [7, 11) is 0. The molecule has 0 amide bonds. The molecule has 0 fully saturated rings.